The van der Waals surface area contributed by atoms with Gasteiger partial charge in [-0.3, -0.25) is 0 Å². The van der Waals surface area contributed by atoms with Crippen molar-refractivity contribution in [3.05, 3.63) is 30.3 Å². The molecule has 11 heavy (non-hydrogen) atoms. The van der Waals surface area contributed by atoms with Crippen LogP contribution < -0.4 is 4.52 Å². The molecule has 0 aliphatic carbocycles. The van der Waals surface area contributed by atoms with Crippen LogP contribution in [0.4, 0.5) is 0 Å². The normalized spacial score (nSPS) is 11.4. The minimum absolute atomic E-state index is 0. The summed E-state index contributed by atoms with van der Waals surface area (Å²) in [6.07, 6.45) is 0. The topological polar surface area (TPSA) is 46.5 Å². The second-order valence-electron chi connectivity index (χ2n) is 1.68. The number of hydrogen-bond acceptors (Lipinski definition) is 2. The zero-order valence-corrected chi connectivity index (χ0v) is 8.57. The zero-order valence-electron chi connectivity index (χ0n) is 5.56. The van der Waals surface area contributed by atoms with E-state index < -0.39 is 8.25 Å². The minimum atomic E-state index is -2.84. The molecule has 0 saturated heterocycles. The van der Waals surface area contributed by atoms with Crippen molar-refractivity contribution in [1.29, 1.82) is 0 Å². The van der Waals surface area contributed by atoms with E-state index in [0.717, 1.165) is 0 Å². The van der Waals surface area contributed by atoms with Gasteiger partial charge in [0.15, 0.2) is 0 Å². The molecule has 1 N–H and O–H groups in total. The van der Waals surface area contributed by atoms with E-state index in [-0.39, 0.29) is 21.1 Å². The molecule has 0 bridgehead atoms. The quantitative estimate of drug-likeness (QED) is 0.641. The Kier molecular flexibility index (Phi) is 5.48. The molecule has 1 unspecified atom stereocenters. The predicted molar refractivity (Wildman–Crippen MR) is 38.3 cm³/mol. The Morgan fingerprint density at radius 1 is 1.27 bits per heavy atom. The summed E-state index contributed by atoms with van der Waals surface area (Å²) >= 11 is 0. The molecule has 0 fully saturated rings. The Hall–Kier alpha value is -0.102. The van der Waals surface area contributed by atoms with Gasteiger partial charge >= 0.3 is 8.25 Å². The monoisotopic (exact) mass is 256 g/mol. The van der Waals surface area contributed by atoms with Gasteiger partial charge in [0.1, 0.15) is 5.75 Å². The smallest absolute Gasteiger partial charge is 0.365 e. The van der Waals surface area contributed by atoms with Crippen molar-refractivity contribution in [1.82, 2.24) is 0 Å². The molecular formula is C6H7MoO3P. The molecule has 1 rings (SSSR count). The molecule has 0 aliphatic rings. The first-order chi connectivity index (χ1) is 4.79. The van der Waals surface area contributed by atoms with Crippen LogP contribution in [0.15, 0.2) is 30.3 Å². The predicted octanol–water partition coefficient (Wildman–Crippen LogP) is 1.44. The Morgan fingerprint density at radius 2 is 1.82 bits per heavy atom. The molecule has 0 radical (unpaired) electrons. The van der Waals surface area contributed by atoms with Crippen LogP contribution in [0.25, 0.3) is 0 Å². The van der Waals surface area contributed by atoms with Gasteiger partial charge in [0.05, 0.1) is 0 Å². The summed E-state index contributed by atoms with van der Waals surface area (Å²) in [6, 6.07) is 8.53. The first-order valence-electron chi connectivity index (χ1n) is 2.75. The second kappa shape index (κ2) is 5.54. The molecule has 3 nitrogen and oxygen atoms in total. The molecular weight excluding hydrogens is 247 g/mol. The fourth-order valence-electron chi connectivity index (χ4n) is 0.589. The minimum Gasteiger partial charge on any atom is -0.426 e. The van der Waals surface area contributed by atoms with Crippen LogP contribution in [0.1, 0.15) is 0 Å². The summed E-state index contributed by atoms with van der Waals surface area (Å²) < 4.78 is 14.6. The number of para-hydroxylation sites is 1. The largest absolute Gasteiger partial charge is 0.426 e. The van der Waals surface area contributed by atoms with Crippen LogP contribution in [0.3, 0.4) is 0 Å². The molecule has 0 aliphatic heterocycles. The van der Waals surface area contributed by atoms with Crippen LogP contribution in [0.2, 0.25) is 0 Å². The molecule has 0 aromatic heterocycles. The van der Waals surface area contributed by atoms with E-state index >= 15 is 0 Å². The van der Waals surface area contributed by atoms with Gasteiger partial charge in [-0.15, -0.1) is 0 Å². The van der Waals surface area contributed by atoms with E-state index in [0.29, 0.717) is 5.75 Å². The van der Waals surface area contributed by atoms with Crippen molar-refractivity contribution in [2.45, 2.75) is 0 Å². The maximum atomic E-state index is 10.1. The standard InChI is InChI=1S/C6H7O3P.Mo/c7-10(8)9-6-4-2-1-3-5-6;/h1-5,10H,(H,7,8);. The van der Waals surface area contributed by atoms with Crippen LogP contribution in [-0.4, -0.2) is 4.89 Å². The van der Waals surface area contributed by atoms with Crippen molar-refractivity contribution in [3.8, 4) is 5.75 Å². The van der Waals surface area contributed by atoms with Crippen molar-refractivity contribution in [2.75, 3.05) is 0 Å². The van der Waals surface area contributed by atoms with Crippen LogP contribution in [-0.2, 0) is 25.6 Å². The van der Waals surface area contributed by atoms with Gasteiger partial charge in [-0.2, -0.15) is 0 Å². The summed E-state index contributed by atoms with van der Waals surface area (Å²) in [5, 5.41) is 0. The molecule has 1 aromatic carbocycles. The van der Waals surface area contributed by atoms with Gasteiger partial charge < -0.3 is 9.42 Å². The second-order valence-corrected chi connectivity index (χ2v) is 2.42. The number of hydrogen-bond donors (Lipinski definition) is 1. The van der Waals surface area contributed by atoms with E-state index in [1.807, 2.05) is 0 Å². The van der Waals surface area contributed by atoms with Crippen molar-refractivity contribution in [2.24, 2.45) is 0 Å². The molecule has 1 aromatic rings. The molecule has 5 heteroatoms. The van der Waals surface area contributed by atoms with Crippen molar-refractivity contribution >= 4 is 8.25 Å². The van der Waals surface area contributed by atoms with Gasteiger partial charge in [0.2, 0.25) is 0 Å². The van der Waals surface area contributed by atoms with Gasteiger partial charge in [-0.25, -0.2) is 4.57 Å². The fourth-order valence-corrected chi connectivity index (χ4v) is 0.927. The van der Waals surface area contributed by atoms with E-state index in [9.17, 15) is 4.57 Å². The van der Waals surface area contributed by atoms with Crippen molar-refractivity contribution in [3.63, 3.8) is 0 Å². The van der Waals surface area contributed by atoms with E-state index in [4.69, 9.17) is 4.89 Å². The molecule has 0 heterocycles. The molecule has 0 amide bonds. The van der Waals surface area contributed by atoms with E-state index in [1.54, 1.807) is 30.3 Å². The third kappa shape index (κ3) is 4.36. The Morgan fingerprint density at radius 3 is 2.27 bits per heavy atom. The fraction of sp³-hybridized carbons (Fsp3) is 0. The average Bonchev–Trinajstić information content (AvgIpc) is 1.88. The van der Waals surface area contributed by atoms with Gasteiger partial charge in [0.25, 0.3) is 0 Å². The van der Waals surface area contributed by atoms with Gasteiger partial charge in [-0.1, -0.05) is 18.2 Å². The summed E-state index contributed by atoms with van der Waals surface area (Å²) in [5.41, 5.74) is 0. The molecule has 0 saturated carbocycles. The summed E-state index contributed by atoms with van der Waals surface area (Å²) in [5.74, 6) is 0.425. The number of rotatable bonds is 2. The molecule has 1 atom stereocenters. The SMILES string of the molecule is O=[PH](O)Oc1ccccc1.[Mo]. The Bertz CT molecular complexity index is 227. The molecule has 60 valence electrons. The van der Waals surface area contributed by atoms with E-state index in [1.165, 1.54) is 0 Å². The molecule has 0 spiro atoms. The van der Waals surface area contributed by atoms with Crippen LogP contribution in [0, 0.1) is 0 Å². The summed E-state index contributed by atoms with van der Waals surface area (Å²) in [4.78, 5) is 8.33. The zero-order chi connectivity index (χ0) is 7.40. The Balaban J connectivity index is 0.000001000. The van der Waals surface area contributed by atoms with E-state index in [2.05, 4.69) is 4.52 Å². The maximum absolute atomic E-state index is 10.1. The maximum Gasteiger partial charge on any atom is 0.365 e. The summed E-state index contributed by atoms with van der Waals surface area (Å²) in [7, 11) is -2.84. The van der Waals surface area contributed by atoms with Gasteiger partial charge in [-0.05, 0) is 12.1 Å². The third-order valence-corrected chi connectivity index (χ3v) is 1.36. The third-order valence-electron chi connectivity index (χ3n) is 0.948. The first-order valence-corrected chi connectivity index (χ1v) is 4.01. The Labute approximate surface area is 79.6 Å². The van der Waals surface area contributed by atoms with Crippen LogP contribution >= 0.6 is 8.25 Å². The summed E-state index contributed by atoms with van der Waals surface area (Å²) in [6.45, 7) is 0. The van der Waals surface area contributed by atoms with Crippen LogP contribution in [0.5, 0.6) is 5.75 Å². The van der Waals surface area contributed by atoms with Gasteiger partial charge in [0, 0.05) is 21.1 Å². The average molecular weight is 254 g/mol. The van der Waals surface area contributed by atoms with Crippen molar-refractivity contribution < 1.29 is 35.0 Å². The first kappa shape index (κ1) is 10.9. The number of benzene rings is 1.